The Kier molecular flexibility index (Phi) is 11.5. The summed E-state index contributed by atoms with van der Waals surface area (Å²) in [5.74, 6) is 2.92. The number of carbonyl (C=O) groups excluding carboxylic acids is 3. The Morgan fingerprint density at radius 1 is 0.906 bits per heavy atom. The summed E-state index contributed by atoms with van der Waals surface area (Å²) in [5.41, 5.74) is 5.92. The van der Waals surface area contributed by atoms with Crippen LogP contribution in [0.1, 0.15) is 118 Å². The van der Waals surface area contributed by atoms with Crippen molar-refractivity contribution in [3.05, 3.63) is 76.9 Å². The van der Waals surface area contributed by atoms with Gasteiger partial charge in [0.1, 0.15) is 6.10 Å². The Labute approximate surface area is 319 Å². The molecule has 4 aliphatic carbocycles. The molecule has 6 rings (SSSR count). The van der Waals surface area contributed by atoms with Gasteiger partial charge in [0.2, 0.25) is 5.91 Å². The molecule has 0 aliphatic heterocycles. The van der Waals surface area contributed by atoms with E-state index in [1.54, 1.807) is 11.0 Å². The van der Waals surface area contributed by atoms with E-state index >= 15 is 0 Å². The maximum absolute atomic E-state index is 13.9. The lowest BCUT2D eigenvalue weighted by Crippen LogP contribution is -2.60. The highest BCUT2D eigenvalue weighted by molar-refractivity contribution is 5.94. The molecule has 4 aliphatic rings. The van der Waals surface area contributed by atoms with Crippen molar-refractivity contribution in [1.29, 1.82) is 0 Å². The van der Waals surface area contributed by atoms with Gasteiger partial charge in [0.05, 0.1) is 0 Å². The molecule has 0 heterocycles. The molecule has 0 radical (unpaired) electrons. The number of amides is 3. The number of nitrogens with one attached hydrogen (secondary N) is 2. The number of likely N-dealkylation sites (N-methyl/N-ethyl adjacent to an activating group) is 1. The van der Waals surface area contributed by atoms with Gasteiger partial charge in [-0.2, -0.15) is 0 Å². The van der Waals surface area contributed by atoms with Crippen molar-refractivity contribution in [3.63, 3.8) is 0 Å². The van der Waals surface area contributed by atoms with Crippen molar-refractivity contribution in [2.75, 3.05) is 18.9 Å². The molecule has 2 N–H and O–H groups in total. The number of ether oxygens (including phenoxy) is 1. The number of carbonyl (C=O) groups is 3. The average Bonchev–Trinajstić information content (AvgIpc) is 3.45. The monoisotopic (exact) mass is 723 g/mol. The highest BCUT2D eigenvalue weighted by atomic mass is 16.6. The molecule has 0 unspecified atom stereocenters. The van der Waals surface area contributed by atoms with Crippen LogP contribution in [0.2, 0.25) is 0 Å². The van der Waals surface area contributed by atoms with Crippen LogP contribution in [0, 0.1) is 74.0 Å². The fraction of sp³-hybridized carbons (Fsp3) is 0.630. The van der Waals surface area contributed by atoms with Crippen LogP contribution in [0.4, 0.5) is 10.5 Å². The van der Waals surface area contributed by atoms with E-state index in [0.29, 0.717) is 48.5 Å². The minimum absolute atomic E-state index is 0.0379. The summed E-state index contributed by atoms with van der Waals surface area (Å²) in [6, 6.07) is 12.4. The predicted molar refractivity (Wildman–Crippen MR) is 214 cm³/mol. The average molecular weight is 724 g/mol. The molecule has 288 valence electrons. The zero-order valence-corrected chi connectivity index (χ0v) is 33.7. The lowest BCUT2D eigenvalue weighted by molar-refractivity contribution is -0.169. The Bertz CT molecular complexity index is 1660. The molecule has 10 atom stereocenters. The van der Waals surface area contributed by atoms with Crippen LogP contribution < -0.4 is 10.6 Å². The van der Waals surface area contributed by atoms with Crippen molar-refractivity contribution in [2.45, 2.75) is 125 Å². The highest BCUT2D eigenvalue weighted by Crippen LogP contribution is 2.69. The lowest BCUT2D eigenvalue weighted by Gasteiger charge is -2.63. The van der Waals surface area contributed by atoms with Gasteiger partial charge >= 0.3 is 6.09 Å². The summed E-state index contributed by atoms with van der Waals surface area (Å²) in [4.78, 5) is 42.0. The SMILES string of the molecule is C=CCN(C)C(=O)CC[C@@H](C)[C@H]1CC[C@H]2[C@@H]3CC[C@@H]4C[C@H](NC(=O)c5cc(C)cc(C)c5)CC[C@]4(C)[C@H]3C[C@H](OC(=O)Nc3cc(C)cc(C)c3)[C@]12C. The van der Waals surface area contributed by atoms with E-state index in [4.69, 9.17) is 4.74 Å². The third-order valence-electron chi connectivity index (χ3n) is 14.7. The third kappa shape index (κ3) is 7.96. The van der Waals surface area contributed by atoms with Crippen molar-refractivity contribution in [1.82, 2.24) is 10.2 Å². The number of hydrogen-bond acceptors (Lipinski definition) is 4. The zero-order chi connectivity index (χ0) is 38.2. The third-order valence-corrected chi connectivity index (χ3v) is 14.7. The van der Waals surface area contributed by atoms with E-state index < -0.39 is 0 Å². The Hall–Kier alpha value is -3.61. The maximum atomic E-state index is 13.9. The number of benzene rings is 2. The topological polar surface area (TPSA) is 87.7 Å². The fourth-order valence-corrected chi connectivity index (χ4v) is 12.2. The van der Waals surface area contributed by atoms with Crippen LogP contribution in [0.5, 0.6) is 0 Å². The summed E-state index contributed by atoms with van der Waals surface area (Å²) < 4.78 is 6.69. The number of nitrogens with zero attached hydrogens (tertiary/aromatic N) is 1. The second kappa shape index (κ2) is 15.6. The summed E-state index contributed by atoms with van der Waals surface area (Å²) in [5, 5.41) is 6.52. The molecule has 4 saturated carbocycles. The molecule has 0 saturated heterocycles. The summed E-state index contributed by atoms with van der Waals surface area (Å²) in [6.45, 7) is 19.8. The minimum Gasteiger partial charge on any atom is -0.445 e. The first-order chi connectivity index (χ1) is 25.1. The molecule has 0 bridgehead atoms. The van der Waals surface area contributed by atoms with Crippen LogP contribution in [-0.2, 0) is 9.53 Å². The fourth-order valence-electron chi connectivity index (χ4n) is 12.2. The Balaban J connectivity index is 1.22. The molecule has 2 aromatic rings. The molecular weight excluding hydrogens is 659 g/mol. The molecule has 7 nitrogen and oxygen atoms in total. The van der Waals surface area contributed by atoms with Crippen molar-refractivity contribution < 1.29 is 19.1 Å². The number of hydrogen-bond donors (Lipinski definition) is 2. The van der Waals surface area contributed by atoms with Crippen LogP contribution >= 0.6 is 0 Å². The summed E-state index contributed by atoms with van der Waals surface area (Å²) >= 11 is 0. The second-order valence-electron chi connectivity index (χ2n) is 18.2. The number of anilines is 1. The second-order valence-corrected chi connectivity index (χ2v) is 18.2. The van der Waals surface area contributed by atoms with Crippen LogP contribution in [0.15, 0.2) is 49.1 Å². The van der Waals surface area contributed by atoms with Crippen LogP contribution in [-0.4, -0.2) is 48.5 Å². The summed E-state index contributed by atoms with van der Waals surface area (Å²) in [6.07, 6.45) is 11.1. The van der Waals surface area contributed by atoms with Gasteiger partial charge in [-0.1, -0.05) is 50.1 Å². The van der Waals surface area contributed by atoms with E-state index in [9.17, 15) is 14.4 Å². The smallest absolute Gasteiger partial charge is 0.411 e. The van der Waals surface area contributed by atoms with Gasteiger partial charge in [0.15, 0.2) is 0 Å². The van der Waals surface area contributed by atoms with Crippen molar-refractivity contribution >= 4 is 23.6 Å². The zero-order valence-electron chi connectivity index (χ0n) is 33.7. The first-order valence-electron chi connectivity index (χ1n) is 20.4. The van der Waals surface area contributed by atoms with Gasteiger partial charge in [-0.3, -0.25) is 14.9 Å². The van der Waals surface area contributed by atoms with Gasteiger partial charge in [0.25, 0.3) is 5.91 Å². The molecule has 53 heavy (non-hydrogen) atoms. The lowest BCUT2D eigenvalue weighted by atomic mass is 9.43. The minimum atomic E-state index is -0.367. The van der Waals surface area contributed by atoms with Gasteiger partial charge in [-0.15, -0.1) is 6.58 Å². The number of fused-ring (bicyclic) bond motifs is 5. The molecule has 2 aromatic carbocycles. The predicted octanol–water partition coefficient (Wildman–Crippen LogP) is 9.97. The Morgan fingerprint density at radius 3 is 2.23 bits per heavy atom. The quantitative estimate of drug-likeness (QED) is 0.239. The van der Waals surface area contributed by atoms with Crippen molar-refractivity contribution in [2.24, 2.45) is 46.3 Å². The highest BCUT2D eigenvalue weighted by Gasteiger charge is 2.65. The molecule has 0 aromatic heterocycles. The van der Waals surface area contributed by atoms with Gasteiger partial charge in [0, 0.05) is 42.7 Å². The van der Waals surface area contributed by atoms with E-state index in [-0.39, 0.29) is 40.9 Å². The number of rotatable bonds is 10. The Morgan fingerprint density at radius 2 is 1.57 bits per heavy atom. The summed E-state index contributed by atoms with van der Waals surface area (Å²) in [7, 11) is 1.85. The van der Waals surface area contributed by atoms with E-state index in [1.807, 2.05) is 59.0 Å². The molecular formula is C46H65N3O4. The van der Waals surface area contributed by atoms with Gasteiger partial charge in [-0.05, 0) is 162 Å². The molecule has 4 fully saturated rings. The first-order valence-corrected chi connectivity index (χ1v) is 20.4. The van der Waals surface area contributed by atoms with E-state index in [2.05, 4.69) is 50.1 Å². The maximum Gasteiger partial charge on any atom is 0.411 e. The first kappa shape index (κ1) is 39.1. The van der Waals surface area contributed by atoms with E-state index in [1.165, 1.54) is 12.8 Å². The molecule has 7 heteroatoms. The van der Waals surface area contributed by atoms with Gasteiger partial charge in [-0.25, -0.2) is 4.79 Å². The van der Waals surface area contributed by atoms with Crippen molar-refractivity contribution in [3.8, 4) is 0 Å². The number of aryl methyl sites for hydroxylation is 4. The normalized spacial score (nSPS) is 32.3. The van der Waals surface area contributed by atoms with Crippen LogP contribution in [0.3, 0.4) is 0 Å². The standard InChI is InChI=1S/C46H65N3O4/c1-10-19-49(9)42(50)16-11-32(6)38-14-15-39-37-13-12-34-26-35(47-43(51)33-22-28(2)20-29(3)23-33)17-18-45(34,7)40(37)27-41(46(38,39)8)53-44(52)48-36-24-30(4)21-31(5)25-36/h10,20-25,32,34-35,37-41H,1,11-19,26-27H2,2-9H3,(H,47,51)(H,48,52)/t32-,34-,35-,37+,38-,39+,40+,41+,45+,46-/m1/s1. The molecule has 0 spiro atoms. The van der Waals surface area contributed by atoms with E-state index in [0.717, 1.165) is 78.5 Å². The van der Waals surface area contributed by atoms with Crippen LogP contribution in [0.25, 0.3) is 0 Å². The molecule has 3 amide bonds. The van der Waals surface area contributed by atoms with Gasteiger partial charge < -0.3 is 15.0 Å². The largest absolute Gasteiger partial charge is 0.445 e.